The van der Waals surface area contributed by atoms with E-state index in [-0.39, 0.29) is 18.0 Å². The molecule has 2 aromatic carbocycles. The van der Waals surface area contributed by atoms with Gasteiger partial charge in [-0.2, -0.15) is 0 Å². The molecule has 6 heteroatoms. The fourth-order valence-electron chi connectivity index (χ4n) is 2.07. The van der Waals surface area contributed by atoms with Crippen LogP contribution >= 0.6 is 0 Å². The number of carbonyl (C=O) groups is 1. The molecule has 0 spiro atoms. The van der Waals surface area contributed by atoms with Crippen LogP contribution in [-0.4, -0.2) is 25.0 Å². The summed E-state index contributed by atoms with van der Waals surface area (Å²) in [5.74, 6) is 0.475. The van der Waals surface area contributed by atoms with Crippen LogP contribution < -0.4 is 9.64 Å². The predicted octanol–water partition coefficient (Wildman–Crippen LogP) is 2.81. The highest BCUT2D eigenvalue weighted by atomic mass is 16.6. The van der Waals surface area contributed by atoms with Crippen LogP contribution in [0.2, 0.25) is 0 Å². The first-order valence-corrected chi connectivity index (χ1v) is 6.66. The van der Waals surface area contributed by atoms with Gasteiger partial charge in [0, 0.05) is 24.4 Å². The van der Waals surface area contributed by atoms with E-state index in [1.807, 2.05) is 0 Å². The molecule has 0 aliphatic carbocycles. The van der Waals surface area contributed by atoms with Crippen LogP contribution in [0.3, 0.4) is 0 Å². The standard InChI is InChI=1S/C16H16N2O4/c1-17(13-7-9-14(22-2)10-8-13)16(19)11-12-5-3-4-6-15(12)18(20)21/h3-10H,11H2,1-2H3. The highest BCUT2D eigenvalue weighted by molar-refractivity contribution is 5.94. The Morgan fingerprint density at radius 3 is 2.41 bits per heavy atom. The molecule has 0 saturated heterocycles. The van der Waals surface area contributed by atoms with Crippen LogP contribution in [-0.2, 0) is 11.2 Å². The third-order valence-electron chi connectivity index (χ3n) is 3.36. The number of rotatable bonds is 5. The number of carbonyl (C=O) groups excluding carboxylic acids is 1. The number of nitrogens with zero attached hydrogens (tertiary/aromatic N) is 2. The molecule has 114 valence electrons. The minimum absolute atomic E-state index is 0.0281. The highest BCUT2D eigenvalue weighted by Crippen LogP contribution is 2.22. The molecule has 0 saturated carbocycles. The Kier molecular flexibility index (Phi) is 4.73. The van der Waals surface area contributed by atoms with Crippen molar-refractivity contribution in [3.63, 3.8) is 0 Å². The number of anilines is 1. The molecule has 0 aliphatic heterocycles. The van der Waals surface area contributed by atoms with Crippen LogP contribution in [0.15, 0.2) is 48.5 Å². The van der Waals surface area contributed by atoms with Gasteiger partial charge in [0.15, 0.2) is 0 Å². The van der Waals surface area contributed by atoms with E-state index in [0.29, 0.717) is 17.0 Å². The Morgan fingerprint density at radius 2 is 1.82 bits per heavy atom. The number of methoxy groups -OCH3 is 1. The van der Waals surface area contributed by atoms with Gasteiger partial charge in [0.1, 0.15) is 5.75 Å². The number of benzene rings is 2. The summed E-state index contributed by atoms with van der Waals surface area (Å²) in [6.45, 7) is 0. The summed E-state index contributed by atoms with van der Waals surface area (Å²) in [4.78, 5) is 24.3. The quantitative estimate of drug-likeness (QED) is 0.628. The maximum Gasteiger partial charge on any atom is 0.273 e. The molecular weight excluding hydrogens is 284 g/mol. The smallest absolute Gasteiger partial charge is 0.273 e. The zero-order valence-corrected chi connectivity index (χ0v) is 12.4. The molecule has 1 amide bonds. The maximum atomic E-state index is 12.3. The summed E-state index contributed by atoms with van der Waals surface area (Å²) in [6, 6.07) is 13.3. The van der Waals surface area contributed by atoms with E-state index in [2.05, 4.69) is 0 Å². The highest BCUT2D eigenvalue weighted by Gasteiger charge is 2.18. The van der Waals surface area contributed by atoms with Crippen molar-refractivity contribution in [1.29, 1.82) is 0 Å². The van der Waals surface area contributed by atoms with Gasteiger partial charge < -0.3 is 9.64 Å². The molecule has 0 atom stereocenters. The van der Waals surface area contributed by atoms with Crippen molar-refractivity contribution < 1.29 is 14.5 Å². The van der Waals surface area contributed by atoms with Gasteiger partial charge in [-0.25, -0.2) is 0 Å². The van der Waals surface area contributed by atoms with Gasteiger partial charge in [-0.1, -0.05) is 18.2 Å². The fraction of sp³-hybridized carbons (Fsp3) is 0.188. The van der Waals surface area contributed by atoms with Crippen LogP contribution in [0.5, 0.6) is 5.75 Å². The second-order valence-corrected chi connectivity index (χ2v) is 4.71. The summed E-state index contributed by atoms with van der Waals surface area (Å²) in [5, 5.41) is 11.0. The molecule has 6 nitrogen and oxygen atoms in total. The number of hydrogen-bond acceptors (Lipinski definition) is 4. The first-order chi connectivity index (χ1) is 10.5. The minimum Gasteiger partial charge on any atom is -0.497 e. The molecule has 2 rings (SSSR count). The summed E-state index contributed by atoms with van der Waals surface area (Å²) in [6.07, 6.45) is -0.0281. The first-order valence-electron chi connectivity index (χ1n) is 6.66. The Bertz CT molecular complexity index is 683. The number of amides is 1. The molecule has 0 unspecified atom stereocenters. The second-order valence-electron chi connectivity index (χ2n) is 4.71. The van der Waals surface area contributed by atoms with Gasteiger partial charge in [-0.15, -0.1) is 0 Å². The molecule has 0 heterocycles. The first kappa shape index (κ1) is 15.5. The molecule has 0 fully saturated rings. The normalized spacial score (nSPS) is 10.1. The van der Waals surface area contributed by atoms with Crippen LogP contribution in [0.1, 0.15) is 5.56 Å². The third kappa shape index (κ3) is 3.41. The fourth-order valence-corrected chi connectivity index (χ4v) is 2.07. The van der Waals surface area contributed by atoms with Crippen molar-refractivity contribution in [2.24, 2.45) is 0 Å². The summed E-state index contributed by atoms with van der Waals surface area (Å²) >= 11 is 0. The van der Waals surface area contributed by atoms with Gasteiger partial charge >= 0.3 is 0 Å². The SMILES string of the molecule is COc1ccc(N(C)C(=O)Cc2ccccc2[N+](=O)[O-])cc1. The number of ether oxygens (including phenoxy) is 1. The van der Waals surface area contributed by atoms with Crippen molar-refractivity contribution in [2.75, 3.05) is 19.1 Å². The number of hydrogen-bond donors (Lipinski definition) is 0. The Balaban J connectivity index is 2.16. The molecule has 0 aliphatic rings. The molecule has 0 radical (unpaired) electrons. The van der Waals surface area contributed by atoms with E-state index >= 15 is 0 Å². The lowest BCUT2D eigenvalue weighted by atomic mass is 10.1. The molecular formula is C16H16N2O4. The predicted molar refractivity (Wildman–Crippen MR) is 83.2 cm³/mol. The Morgan fingerprint density at radius 1 is 1.18 bits per heavy atom. The van der Waals surface area contributed by atoms with E-state index in [1.165, 1.54) is 11.0 Å². The van der Waals surface area contributed by atoms with E-state index in [1.54, 1.807) is 56.6 Å². The number of nitro benzene ring substituents is 1. The number of likely N-dealkylation sites (N-methyl/N-ethyl adjacent to an activating group) is 1. The second kappa shape index (κ2) is 6.71. The Hall–Kier alpha value is -2.89. The lowest BCUT2D eigenvalue weighted by Gasteiger charge is -2.17. The monoisotopic (exact) mass is 300 g/mol. The van der Waals surface area contributed by atoms with Gasteiger partial charge in [-0.05, 0) is 24.3 Å². The maximum absolute atomic E-state index is 12.3. The zero-order valence-electron chi connectivity index (χ0n) is 12.4. The van der Waals surface area contributed by atoms with Crippen molar-refractivity contribution in [2.45, 2.75) is 6.42 Å². The molecule has 0 N–H and O–H groups in total. The van der Waals surface area contributed by atoms with Gasteiger partial charge in [0.25, 0.3) is 5.69 Å². The number of nitro groups is 1. The van der Waals surface area contributed by atoms with Crippen molar-refractivity contribution in [3.05, 3.63) is 64.2 Å². The van der Waals surface area contributed by atoms with E-state index < -0.39 is 4.92 Å². The van der Waals surface area contributed by atoms with Crippen LogP contribution in [0.4, 0.5) is 11.4 Å². The van der Waals surface area contributed by atoms with Crippen LogP contribution in [0.25, 0.3) is 0 Å². The summed E-state index contributed by atoms with van der Waals surface area (Å²) in [5.41, 5.74) is 1.06. The van der Waals surface area contributed by atoms with Crippen molar-refractivity contribution in [1.82, 2.24) is 0 Å². The molecule has 0 bridgehead atoms. The minimum atomic E-state index is -0.476. The van der Waals surface area contributed by atoms with Gasteiger partial charge in [0.05, 0.1) is 18.5 Å². The van der Waals surface area contributed by atoms with E-state index in [0.717, 1.165) is 0 Å². The van der Waals surface area contributed by atoms with Crippen LogP contribution in [0, 0.1) is 10.1 Å². The van der Waals surface area contributed by atoms with E-state index in [9.17, 15) is 14.9 Å². The Labute approximate surface area is 128 Å². The molecule has 22 heavy (non-hydrogen) atoms. The lowest BCUT2D eigenvalue weighted by molar-refractivity contribution is -0.385. The van der Waals surface area contributed by atoms with E-state index in [4.69, 9.17) is 4.74 Å². The molecule has 0 aromatic heterocycles. The van der Waals surface area contributed by atoms with Crippen molar-refractivity contribution >= 4 is 17.3 Å². The van der Waals surface area contributed by atoms with Crippen molar-refractivity contribution in [3.8, 4) is 5.75 Å². The topological polar surface area (TPSA) is 72.7 Å². The largest absolute Gasteiger partial charge is 0.497 e. The zero-order chi connectivity index (χ0) is 16.1. The lowest BCUT2D eigenvalue weighted by Crippen LogP contribution is -2.28. The average Bonchev–Trinajstić information content (AvgIpc) is 2.54. The third-order valence-corrected chi connectivity index (χ3v) is 3.36. The van der Waals surface area contributed by atoms with Gasteiger partial charge in [0.2, 0.25) is 5.91 Å². The summed E-state index contributed by atoms with van der Waals surface area (Å²) in [7, 11) is 3.21. The number of para-hydroxylation sites is 1. The summed E-state index contributed by atoms with van der Waals surface area (Å²) < 4.78 is 5.07. The average molecular weight is 300 g/mol. The molecule has 2 aromatic rings. The van der Waals surface area contributed by atoms with Gasteiger partial charge in [-0.3, -0.25) is 14.9 Å².